The minimum absolute atomic E-state index is 0.171. The van der Waals surface area contributed by atoms with Crippen LogP contribution in [0.4, 0.5) is 0 Å². The summed E-state index contributed by atoms with van der Waals surface area (Å²) in [5, 5.41) is 0. The Balaban J connectivity index is 2.12. The highest BCUT2D eigenvalue weighted by Crippen LogP contribution is 2.39. The fraction of sp³-hybridized carbons (Fsp3) is 0.462. The Bertz CT molecular complexity index is 488. The number of aryl methyl sites for hydroxylation is 1. The molecule has 1 aliphatic rings. The van der Waals surface area contributed by atoms with Crippen molar-refractivity contribution in [3.8, 4) is 17.2 Å². The van der Waals surface area contributed by atoms with Gasteiger partial charge < -0.3 is 24.7 Å². The van der Waals surface area contributed by atoms with Gasteiger partial charge in [0.2, 0.25) is 5.75 Å². The summed E-state index contributed by atoms with van der Waals surface area (Å²) >= 11 is 0. The molecule has 2 rings (SSSR count). The van der Waals surface area contributed by atoms with Crippen LogP contribution in [0.5, 0.6) is 17.2 Å². The lowest BCUT2D eigenvalue weighted by atomic mass is 10.2. The first-order chi connectivity index (χ1) is 9.15. The highest BCUT2D eigenvalue weighted by atomic mass is 16.6. The van der Waals surface area contributed by atoms with Crippen molar-refractivity contribution < 1.29 is 18.9 Å². The molecule has 0 bridgehead atoms. The highest BCUT2D eigenvalue weighted by Gasteiger charge is 2.21. The summed E-state index contributed by atoms with van der Waals surface area (Å²) in [6.07, 6.45) is -0.171. The molecular formula is C13H18N2O4. The second-order valence-corrected chi connectivity index (χ2v) is 4.18. The maximum absolute atomic E-state index is 5.76. The molecule has 1 aromatic rings. The van der Waals surface area contributed by atoms with E-state index in [0.29, 0.717) is 30.4 Å². The van der Waals surface area contributed by atoms with Crippen LogP contribution in [-0.2, 0) is 4.74 Å². The Morgan fingerprint density at radius 3 is 2.68 bits per heavy atom. The third kappa shape index (κ3) is 2.83. The van der Waals surface area contributed by atoms with Crippen molar-refractivity contribution in [1.82, 2.24) is 0 Å². The molecule has 0 spiro atoms. The first kappa shape index (κ1) is 13.3. The molecule has 1 unspecified atom stereocenters. The van der Waals surface area contributed by atoms with Gasteiger partial charge in [0.25, 0.3) is 6.02 Å². The van der Waals surface area contributed by atoms with Crippen molar-refractivity contribution in [2.45, 2.75) is 13.0 Å². The predicted molar refractivity (Wildman–Crippen MR) is 71.1 cm³/mol. The smallest absolute Gasteiger partial charge is 0.282 e. The van der Waals surface area contributed by atoms with Crippen LogP contribution < -0.4 is 19.9 Å². The zero-order valence-electron chi connectivity index (χ0n) is 11.3. The first-order valence-corrected chi connectivity index (χ1v) is 5.96. The largest absolute Gasteiger partial charge is 0.493 e. The van der Waals surface area contributed by atoms with Crippen molar-refractivity contribution in [2.75, 3.05) is 27.4 Å². The number of methoxy groups -OCH3 is 2. The number of nitrogens with two attached hydrogens (primary N) is 1. The number of ether oxygens (including phenoxy) is 4. The topological polar surface area (TPSA) is 75.3 Å². The van der Waals surface area contributed by atoms with Gasteiger partial charge in [-0.3, -0.25) is 0 Å². The molecule has 1 atom stereocenters. The van der Waals surface area contributed by atoms with E-state index in [1.165, 1.54) is 0 Å². The van der Waals surface area contributed by atoms with Gasteiger partial charge in [-0.25, -0.2) is 4.99 Å². The fourth-order valence-electron chi connectivity index (χ4n) is 1.89. The van der Waals surface area contributed by atoms with Gasteiger partial charge in [-0.15, -0.1) is 0 Å². The molecular weight excluding hydrogens is 248 g/mol. The summed E-state index contributed by atoms with van der Waals surface area (Å²) in [5.41, 5.74) is 6.43. The average molecular weight is 266 g/mol. The van der Waals surface area contributed by atoms with E-state index >= 15 is 0 Å². The Hall–Kier alpha value is -2.11. The summed E-state index contributed by atoms with van der Waals surface area (Å²) in [6.45, 7) is 2.78. The molecule has 0 fully saturated rings. The van der Waals surface area contributed by atoms with Crippen LogP contribution in [0.1, 0.15) is 5.56 Å². The Labute approximate surface area is 112 Å². The van der Waals surface area contributed by atoms with Gasteiger partial charge >= 0.3 is 0 Å². The Morgan fingerprint density at radius 1 is 1.32 bits per heavy atom. The standard InChI is InChI=1S/C13H18N2O4/c1-8-4-5-10(16-2)12(11(8)17-3)18-7-9-6-15-13(14)19-9/h4-5,9H,6-7H2,1-3H3,(H2,14,15). The molecule has 0 saturated carbocycles. The first-order valence-electron chi connectivity index (χ1n) is 5.96. The van der Waals surface area contributed by atoms with E-state index in [2.05, 4.69) is 4.99 Å². The second kappa shape index (κ2) is 5.69. The van der Waals surface area contributed by atoms with Gasteiger partial charge in [-0.1, -0.05) is 6.07 Å². The van der Waals surface area contributed by atoms with E-state index in [9.17, 15) is 0 Å². The van der Waals surface area contributed by atoms with Gasteiger partial charge in [-0.05, 0) is 18.6 Å². The van der Waals surface area contributed by atoms with Crippen LogP contribution in [0.25, 0.3) is 0 Å². The van der Waals surface area contributed by atoms with E-state index < -0.39 is 0 Å². The van der Waals surface area contributed by atoms with Crippen molar-refractivity contribution >= 4 is 6.02 Å². The molecule has 6 heteroatoms. The van der Waals surface area contributed by atoms with E-state index in [1.807, 2.05) is 19.1 Å². The molecule has 6 nitrogen and oxygen atoms in total. The minimum Gasteiger partial charge on any atom is -0.493 e. The van der Waals surface area contributed by atoms with Gasteiger partial charge in [-0.2, -0.15) is 0 Å². The zero-order chi connectivity index (χ0) is 13.8. The normalized spacial score (nSPS) is 17.6. The van der Waals surface area contributed by atoms with Gasteiger partial charge in [0.15, 0.2) is 17.6 Å². The van der Waals surface area contributed by atoms with Crippen molar-refractivity contribution in [1.29, 1.82) is 0 Å². The maximum atomic E-state index is 5.76. The molecule has 0 aromatic heterocycles. The van der Waals surface area contributed by atoms with Crippen molar-refractivity contribution in [3.05, 3.63) is 17.7 Å². The summed E-state index contributed by atoms with van der Waals surface area (Å²) in [6, 6.07) is 3.96. The quantitative estimate of drug-likeness (QED) is 0.864. The van der Waals surface area contributed by atoms with E-state index in [-0.39, 0.29) is 12.1 Å². The maximum Gasteiger partial charge on any atom is 0.282 e. The lowest BCUT2D eigenvalue weighted by Gasteiger charge is -2.17. The fourth-order valence-corrected chi connectivity index (χ4v) is 1.89. The number of rotatable bonds is 5. The molecule has 1 heterocycles. The molecule has 0 saturated heterocycles. The van der Waals surface area contributed by atoms with Crippen LogP contribution >= 0.6 is 0 Å². The summed E-state index contributed by atoms with van der Waals surface area (Å²) in [4.78, 5) is 3.96. The molecule has 0 amide bonds. The minimum atomic E-state index is -0.171. The highest BCUT2D eigenvalue weighted by molar-refractivity contribution is 5.73. The molecule has 2 N–H and O–H groups in total. The van der Waals surface area contributed by atoms with Crippen LogP contribution in [0, 0.1) is 6.92 Å². The number of hydrogen-bond acceptors (Lipinski definition) is 6. The third-order valence-electron chi connectivity index (χ3n) is 2.85. The van der Waals surface area contributed by atoms with E-state index in [4.69, 9.17) is 24.7 Å². The molecule has 1 aromatic carbocycles. The van der Waals surface area contributed by atoms with Gasteiger partial charge in [0.05, 0.1) is 20.8 Å². The lowest BCUT2D eigenvalue weighted by Crippen LogP contribution is -2.24. The van der Waals surface area contributed by atoms with Gasteiger partial charge in [0.1, 0.15) is 6.61 Å². The SMILES string of the molecule is COc1ccc(C)c(OC)c1OCC1CN=C(N)O1. The number of amidine groups is 1. The summed E-state index contributed by atoms with van der Waals surface area (Å²) in [5.74, 6) is 1.85. The molecule has 0 radical (unpaired) electrons. The van der Waals surface area contributed by atoms with Crippen LogP contribution in [0.3, 0.4) is 0 Å². The molecule has 1 aliphatic heterocycles. The second-order valence-electron chi connectivity index (χ2n) is 4.18. The predicted octanol–water partition coefficient (Wildman–Crippen LogP) is 1.10. The summed E-state index contributed by atoms with van der Waals surface area (Å²) in [7, 11) is 3.19. The summed E-state index contributed by atoms with van der Waals surface area (Å²) < 4.78 is 21.7. The monoisotopic (exact) mass is 266 g/mol. The molecule has 19 heavy (non-hydrogen) atoms. The number of nitrogens with zero attached hydrogens (tertiary/aromatic N) is 1. The number of benzene rings is 1. The number of aliphatic imine (C=N–C) groups is 1. The molecule has 0 aliphatic carbocycles. The van der Waals surface area contributed by atoms with Gasteiger partial charge in [0, 0.05) is 0 Å². The van der Waals surface area contributed by atoms with Crippen LogP contribution in [0.15, 0.2) is 17.1 Å². The van der Waals surface area contributed by atoms with E-state index in [0.717, 1.165) is 5.56 Å². The van der Waals surface area contributed by atoms with Crippen LogP contribution in [-0.4, -0.2) is 39.5 Å². The van der Waals surface area contributed by atoms with Crippen LogP contribution in [0.2, 0.25) is 0 Å². The number of hydrogen-bond donors (Lipinski definition) is 1. The van der Waals surface area contributed by atoms with Crippen molar-refractivity contribution in [3.63, 3.8) is 0 Å². The van der Waals surface area contributed by atoms with E-state index in [1.54, 1.807) is 14.2 Å². The molecule has 104 valence electrons. The lowest BCUT2D eigenvalue weighted by molar-refractivity contribution is 0.136. The Morgan fingerprint density at radius 2 is 2.11 bits per heavy atom. The average Bonchev–Trinajstić information content (AvgIpc) is 2.82. The third-order valence-corrected chi connectivity index (χ3v) is 2.85. The van der Waals surface area contributed by atoms with Crippen molar-refractivity contribution in [2.24, 2.45) is 10.7 Å². The zero-order valence-corrected chi connectivity index (χ0v) is 11.3. The Kier molecular flexibility index (Phi) is 3.99.